The van der Waals surface area contributed by atoms with E-state index in [1.807, 2.05) is 17.9 Å². The van der Waals surface area contributed by atoms with Gasteiger partial charge in [0.2, 0.25) is 0 Å². The van der Waals surface area contributed by atoms with Gasteiger partial charge in [-0.25, -0.2) is 0 Å². The molecule has 1 aromatic carbocycles. The van der Waals surface area contributed by atoms with E-state index in [1.165, 1.54) is 0 Å². The standard InChI is InChI=1S/C24H30N2O5/c1-15-12-19(23(2,3)4)30-20(15)22(28)26-10-8-24(9-11-26)14-25-21(27)17-13-16(29-5)6-7-18(17)31-24/h6-7,12-13H,8-11,14H2,1-5H3,(H,25,27). The maximum atomic E-state index is 13.1. The van der Waals surface area contributed by atoms with Gasteiger partial charge in [-0.05, 0) is 31.2 Å². The number of amides is 2. The van der Waals surface area contributed by atoms with Gasteiger partial charge in [0, 0.05) is 36.9 Å². The fourth-order valence-electron chi connectivity index (χ4n) is 4.11. The summed E-state index contributed by atoms with van der Waals surface area (Å²) in [5.41, 5.74) is 0.630. The van der Waals surface area contributed by atoms with Crippen LogP contribution in [0.1, 0.15) is 65.8 Å². The number of fused-ring (bicyclic) bond motifs is 1. The van der Waals surface area contributed by atoms with Gasteiger partial charge < -0.3 is 24.1 Å². The Kier molecular flexibility index (Phi) is 5.23. The lowest BCUT2D eigenvalue weighted by Gasteiger charge is -2.40. The zero-order valence-electron chi connectivity index (χ0n) is 18.8. The molecule has 1 aromatic heterocycles. The third-order valence-corrected chi connectivity index (χ3v) is 6.14. The molecule has 2 aliphatic rings. The van der Waals surface area contributed by atoms with Crippen molar-refractivity contribution in [3.05, 3.63) is 46.9 Å². The average molecular weight is 427 g/mol. The van der Waals surface area contributed by atoms with Gasteiger partial charge in [-0.1, -0.05) is 20.8 Å². The Morgan fingerprint density at radius 1 is 1.19 bits per heavy atom. The van der Waals surface area contributed by atoms with Crippen molar-refractivity contribution in [3.8, 4) is 11.5 Å². The number of likely N-dealkylation sites (tertiary alicyclic amines) is 1. The molecule has 3 heterocycles. The molecule has 0 unspecified atom stereocenters. The molecule has 0 aliphatic carbocycles. The highest BCUT2D eigenvalue weighted by molar-refractivity contribution is 5.98. The van der Waals surface area contributed by atoms with E-state index < -0.39 is 5.60 Å². The van der Waals surface area contributed by atoms with Crippen molar-refractivity contribution in [3.63, 3.8) is 0 Å². The van der Waals surface area contributed by atoms with Crippen molar-refractivity contribution < 1.29 is 23.5 Å². The Balaban J connectivity index is 1.50. The number of piperidine rings is 1. The maximum absolute atomic E-state index is 13.1. The highest BCUT2D eigenvalue weighted by Gasteiger charge is 2.41. The highest BCUT2D eigenvalue weighted by Crippen LogP contribution is 2.35. The summed E-state index contributed by atoms with van der Waals surface area (Å²) in [6, 6.07) is 7.21. The molecular weight excluding hydrogens is 396 g/mol. The van der Waals surface area contributed by atoms with Crippen LogP contribution in [0.15, 0.2) is 28.7 Å². The molecular formula is C24H30N2O5. The van der Waals surface area contributed by atoms with Crippen molar-refractivity contribution in [2.45, 2.75) is 51.6 Å². The molecule has 7 heteroatoms. The van der Waals surface area contributed by atoms with Gasteiger partial charge in [0.1, 0.15) is 22.9 Å². The van der Waals surface area contributed by atoms with E-state index in [9.17, 15) is 9.59 Å². The van der Waals surface area contributed by atoms with Crippen LogP contribution in [0.3, 0.4) is 0 Å². The summed E-state index contributed by atoms with van der Waals surface area (Å²) in [6.07, 6.45) is 1.24. The second-order valence-corrected chi connectivity index (χ2v) is 9.49. The first-order chi connectivity index (χ1) is 14.6. The van der Waals surface area contributed by atoms with Crippen molar-refractivity contribution >= 4 is 11.8 Å². The van der Waals surface area contributed by atoms with Gasteiger partial charge in [0.15, 0.2) is 5.76 Å². The van der Waals surface area contributed by atoms with Gasteiger partial charge in [-0.2, -0.15) is 0 Å². The van der Waals surface area contributed by atoms with Crippen molar-refractivity contribution in [1.29, 1.82) is 0 Å². The number of rotatable bonds is 2. The molecule has 4 rings (SSSR count). The molecule has 1 saturated heterocycles. The van der Waals surface area contributed by atoms with E-state index in [1.54, 1.807) is 25.3 Å². The highest BCUT2D eigenvalue weighted by atomic mass is 16.5. The molecule has 0 saturated carbocycles. The molecule has 166 valence electrons. The Labute approximate surface area is 182 Å². The Morgan fingerprint density at radius 3 is 2.52 bits per heavy atom. The van der Waals surface area contributed by atoms with Crippen molar-refractivity contribution in [1.82, 2.24) is 10.2 Å². The molecule has 2 amide bonds. The summed E-state index contributed by atoms with van der Waals surface area (Å²) in [4.78, 5) is 27.5. The summed E-state index contributed by atoms with van der Waals surface area (Å²) in [7, 11) is 1.57. The zero-order valence-corrected chi connectivity index (χ0v) is 18.8. The SMILES string of the molecule is COc1ccc2c(c1)C(=O)NCC1(CCN(C(=O)c3oc(C(C)(C)C)cc3C)CC1)O2. The van der Waals surface area contributed by atoms with Crippen LogP contribution in [-0.2, 0) is 5.41 Å². The zero-order chi connectivity index (χ0) is 22.4. The predicted octanol–water partition coefficient (Wildman–Crippen LogP) is 3.69. The molecule has 2 aromatic rings. The summed E-state index contributed by atoms with van der Waals surface area (Å²) in [5, 5.41) is 2.98. The number of methoxy groups -OCH3 is 1. The quantitative estimate of drug-likeness (QED) is 0.792. The maximum Gasteiger partial charge on any atom is 0.289 e. The lowest BCUT2D eigenvalue weighted by molar-refractivity contribution is 0.00657. The first-order valence-corrected chi connectivity index (χ1v) is 10.7. The number of nitrogens with zero attached hydrogens (tertiary/aromatic N) is 1. The Morgan fingerprint density at radius 2 is 1.90 bits per heavy atom. The first-order valence-electron chi connectivity index (χ1n) is 10.7. The van der Waals surface area contributed by atoms with Crippen LogP contribution >= 0.6 is 0 Å². The third kappa shape index (κ3) is 4.01. The minimum atomic E-state index is -0.541. The van der Waals surface area contributed by atoms with E-state index in [0.717, 1.165) is 11.3 Å². The third-order valence-electron chi connectivity index (χ3n) is 6.14. The lowest BCUT2D eigenvalue weighted by atomic mass is 9.90. The fraction of sp³-hybridized carbons (Fsp3) is 0.500. The molecule has 0 radical (unpaired) electrons. The molecule has 0 atom stereocenters. The van der Waals surface area contributed by atoms with Gasteiger partial charge in [0.05, 0.1) is 19.2 Å². The minimum Gasteiger partial charge on any atom is -0.497 e. The van der Waals surface area contributed by atoms with Crippen molar-refractivity contribution in [2.75, 3.05) is 26.7 Å². The number of furan rings is 1. The summed E-state index contributed by atoms with van der Waals surface area (Å²) in [6.45, 7) is 9.57. The van der Waals surface area contributed by atoms with Gasteiger partial charge in [-0.3, -0.25) is 9.59 Å². The molecule has 1 N–H and O–H groups in total. The van der Waals surface area contributed by atoms with Crippen LogP contribution in [-0.4, -0.2) is 49.1 Å². The topological polar surface area (TPSA) is 81.0 Å². The van der Waals surface area contributed by atoms with Crippen LogP contribution in [0.4, 0.5) is 0 Å². The van der Waals surface area contributed by atoms with Gasteiger partial charge >= 0.3 is 0 Å². The molecule has 1 fully saturated rings. The second-order valence-electron chi connectivity index (χ2n) is 9.49. The monoisotopic (exact) mass is 426 g/mol. The molecule has 7 nitrogen and oxygen atoms in total. The molecule has 0 bridgehead atoms. The fourth-order valence-corrected chi connectivity index (χ4v) is 4.11. The van der Waals surface area contributed by atoms with Crippen LogP contribution in [0.2, 0.25) is 0 Å². The molecule has 1 spiro atoms. The average Bonchev–Trinajstić information content (AvgIpc) is 3.09. The lowest BCUT2D eigenvalue weighted by Crippen LogP contribution is -2.54. The Bertz CT molecular complexity index is 1010. The number of hydrogen-bond donors (Lipinski definition) is 1. The summed E-state index contributed by atoms with van der Waals surface area (Å²) >= 11 is 0. The normalized spacial score (nSPS) is 18.1. The van der Waals surface area contributed by atoms with E-state index in [2.05, 4.69) is 26.1 Å². The van der Waals surface area contributed by atoms with Crippen LogP contribution < -0.4 is 14.8 Å². The number of benzene rings is 1. The summed E-state index contributed by atoms with van der Waals surface area (Å²) in [5.74, 6) is 2.11. The van der Waals surface area contributed by atoms with Gasteiger partial charge in [0.25, 0.3) is 11.8 Å². The molecule has 2 aliphatic heterocycles. The number of aryl methyl sites for hydroxylation is 1. The number of hydrogen-bond acceptors (Lipinski definition) is 5. The van der Waals surface area contributed by atoms with Crippen LogP contribution in [0, 0.1) is 6.92 Å². The van der Waals surface area contributed by atoms with E-state index in [0.29, 0.717) is 55.3 Å². The number of nitrogens with one attached hydrogen (secondary N) is 1. The first kappa shape index (κ1) is 21.3. The van der Waals surface area contributed by atoms with E-state index >= 15 is 0 Å². The Hall–Kier alpha value is -2.96. The van der Waals surface area contributed by atoms with Crippen LogP contribution in [0.5, 0.6) is 11.5 Å². The van der Waals surface area contributed by atoms with E-state index in [-0.39, 0.29) is 17.2 Å². The minimum absolute atomic E-state index is 0.0920. The largest absolute Gasteiger partial charge is 0.497 e. The predicted molar refractivity (Wildman–Crippen MR) is 116 cm³/mol. The van der Waals surface area contributed by atoms with Crippen LogP contribution in [0.25, 0.3) is 0 Å². The number of carbonyl (C=O) groups excluding carboxylic acids is 2. The second kappa shape index (κ2) is 7.62. The summed E-state index contributed by atoms with van der Waals surface area (Å²) < 4.78 is 17.5. The molecule has 31 heavy (non-hydrogen) atoms. The van der Waals surface area contributed by atoms with Gasteiger partial charge in [-0.15, -0.1) is 0 Å². The van der Waals surface area contributed by atoms with Crippen molar-refractivity contribution in [2.24, 2.45) is 0 Å². The number of ether oxygens (including phenoxy) is 2. The van der Waals surface area contributed by atoms with E-state index in [4.69, 9.17) is 13.9 Å². The number of carbonyl (C=O) groups is 2. The smallest absolute Gasteiger partial charge is 0.289 e.